The van der Waals surface area contributed by atoms with E-state index in [1.54, 1.807) is 31.4 Å². The quantitative estimate of drug-likeness (QED) is 0.610. The Kier molecular flexibility index (Phi) is 3.07. The van der Waals surface area contributed by atoms with Gasteiger partial charge in [0.2, 0.25) is 0 Å². The lowest BCUT2D eigenvalue weighted by molar-refractivity contribution is -0.134. The van der Waals surface area contributed by atoms with Crippen LogP contribution in [0.25, 0.3) is 0 Å². The Morgan fingerprint density at radius 2 is 2.50 bits per heavy atom. The van der Waals surface area contributed by atoms with Crippen molar-refractivity contribution in [2.24, 2.45) is 5.10 Å². The van der Waals surface area contributed by atoms with Gasteiger partial charge in [-0.15, -0.1) is 0 Å². The molecule has 0 aromatic carbocycles. The molecule has 0 unspecified atom stereocenters. The van der Waals surface area contributed by atoms with Gasteiger partial charge in [-0.1, -0.05) is 6.08 Å². The summed E-state index contributed by atoms with van der Waals surface area (Å²) in [5, 5.41) is 3.76. The van der Waals surface area contributed by atoms with Gasteiger partial charge in [0.15, 0.2) is 5.71 Å². The lowest BCUT2D eigenvalue weighted by Crippen LogP contribution is -2.17. The van der Waals surface area contributed by atoms with Crippen molar-refractivity contribution in [3.8, 4) is 0 Å². The smallest absolute Gasteiger partial charge is 0.358 e. The summed E-state index contributed by atoms with van der Waals surface area (Å²) in [4.78, 5) is 11.1. The Balaban J connectivity index is 2.62. The van der Waals surface area contributed by atoms with E-state index in [-0.39, 0.29) is 5.71 Å². The van der Waals surface area contributed by atoms with E-state index < -0.39 is 5.97 Å². The predicted molar refractivity (Wildman–Crippen MR) is 45.5 cm³/mol. The summed E-state index contributed by atoms with van der Waals surface area (Å²) in [5.41, 5.74) is 2.86. The topological polar surface area (TPSA) is 50.7 Å². The molecule has 4 heteroatoms. The number of hydrazone groups is 1. The molecule has 4 nitrogen and oxygen atoms in total. The maximum atomic E-state index is 11.1. The van der Waals surface area contributed by atoms with E-state index in [1.807, 2.05) is 0 Å². The molecule has 0 aromatic heterocycles. The molecule has 0 fully saturated rings. The number of carbonyl (C=O) groups excluding carboxylic acids is 1. The van der Waals surface area contributed by atoms with Crippen molar-refractivity contribution in [1.82, 2.24) is 5.43 Å². The second-order valence-electron chi connectivity index (χ2n) is 2.06. The molecule has 0 radical (unpaired) electrons. The molecular weight excluding hydrogens is 156 g/mol. The van der Waals surface area contributed by atoms with E-state index in [9.17, 15) is 4.79 Å². The lowest BCUT2D eigenvalue weighted by atomic mass is 10.3. The largest absolute Gasteiger partial charge is 0.461 e. The Labute approximate surface area is 70.6 Å². The highest BCUT2D eigenvalue weighted by Gasteiger charge is 2.08. The van der Waals surface area contributed by atoms with Gasteiger partial charge in [-0.3, -0.25) is 5.43 Å². The van der Waals surface area contributed by atoms with Gasteiger partial charge >= 0.3 is 5.97 Å². The summed E-state index contributed by atoms with van der Waals surface area (Å²) in [5.74, 6) is -0.412. The fraction of sp³-hybridized carbons (Fsp3) is 0.250. The van der Waals surface area contributed by atoms with Crippen molar-refractivity contribution < 1.29 is 9.53 Å². The van der Waals surface area contributed by atoms with Crippen molar-refractivity contribution in [2.75, 3.05) is 6.61 Å². The van der Waals surface area contributed by atoms with Crippen LogP contribution < -0.4 is 5.43 Å². The number of ether oxygens (including phenoxy) is 1. The van der Waals surface area contributed by atoms with Gasteiger partial charge in [0.25, 0.3) is 0 Å². The zero-order valence-corrected chi connectivity index (χ0v) is 6.78. The van der Waals surface area contributed by atoms with Gasteiger partial charge in [0.05, 0.1) is 6.61 Å². The van der Waals surface area contributed by atoms with Crippen LogP contribution in [0, 0.1) is 0 Å². The molecule has 64 valence electrons. The monoisotopic (exact) mass is 166 g/mol. The number of allylic oxidation sites excluding steroid dienone is 2. The molecular formula is C8H10N2O2. The molecule has 1 rings (SSSR count). The minimum Gasteiger partial charge on any atom is -0.461 e. The minimum absolute atomic E-state index is 0.279. The first-order valence-corrected chi connectivity index (χ1v) is 3.68. The van der Waals surface area contributed by atoms with Crippen molar-refractivity contribution in [1.29, 1.82) is 0 Å². The van der Waals surface area contributed by atoms with Crippen LogP contribution in [0.4, 0.5) is 0 Å². The molecule has 1 aliphatic heterocycles. The SMILES string of the molecule is CCOC(=O)C1=NNC=CC=C1. The van der Waals surface area contributed by atoms with E-state index in [1.165, 1.54) is 0 Å². The minimum atomic E-state index is -0.412. The highest BCUT2D eigenvalue weighted by molar-refractivity contribution is 6.41. The Morgan fingerprint density at radius 3 is 3.25 bits per heavy atom. The third kappa shape index (κ3) is 2.23. The third-order valence-corrected chi connectivity index (χ3v) is 1.21. The fourth-order valence-corrected chi connectivity index (χ4v) is 0.708. The van der Waals surface area contributed by atoms with Crippen LogP contribution in [0.3, 0.4) is 0 Å². The van der Waals surface area contributed by atoms with E-state index in [4.69, 9.17) is 4.74 Å². The van der Waals surface area contributed by atoms with Gasteiger partial charge in [0, 0.05) is 6.20 Å². The summed E-state index contributed by atoms with van der Waals surface area (Å²) < 4.78 is 4.75. The molecule has 0 aromatic rings. The summed E-state index contributed by atoms with van der Waals surface area (Å²) >= 11 is 0. The van der Waals surface area contributed by atoms with Crippen LogP contribution in [0.1, 0.15) is 6.92 Å². The van der Waals surface area contributed by atoms with Crippen LogP contribution in [-0.4, -0.2) is 18.3 Å². The van der Waals surface area contributed by atoms with Crippen molar-refractivity contribution in [3.05, 3.63) is 24.4 Å². The van der Waals surface area contributed by atoms with E-state index >= 15 is 0 Å². The van der Waals surface area contributed by atoms with E-state index in [0.29, 0.717) is 6.61 Å². The third-order valence-electron chi connectivity index (χ3n) is 1.21. The molecule has 1 N–H and O–H groups in total. The van der Waals surface area contributed by atoms with Gasteiger partial charge in [-0.05, 0) is 19.1 Å². The second-order valence-corrected chi connectivity index (χ2v) is 2.06. The van der Waals surface area contributed by atoms with Crippen LogP contribution in [0.5, 0.6) is 0 Å². The highest BCUT2D eigenvalue weighted by atomic mass is 16.5. The molecule has 0 aliphatic carbocycles. The number of nitrogens with zero attached hydrogens (tertiary/aromatic N) is 1. The Bertz CT molecular complexity index is 254. The molecule has 1 heterocycles. The molecule has 0 bridgehead atoms. The summed E-state index contributed by atoms with van der Waals surface area (Å²) in [7, 11) is 0. The van der Waals surface area contributed by atoms with E-state index in [0.717, 1.165) is 0 Å². The second kappa shape index (κ2) is 4.33. The van der Waals surface area contributed by atoms with Gasteiger partial charge < -0.3 is 4.74 Å². The first-order chi connectivity index (χ1) is 5.84. The summed E-state index contributed by atoms with van der Waals surface area (Å²) in [6, 6.07) is 0. The number of hydrogen-bond donors (Lipinski definition) is 1. The van der Waals surface area contributed by atoms with Gasteiger partial charge in [-0.2, -0.15) is 5.10 Å². The fourth-order valence-electron chi connectivity index (χ4n) is 0.708. The standard InChI is InChI=1S/C8H10N2O2/c1-2-12-8(11)7-5-3-4-6-9-10-7/h3-6,9H,2H2,1H3. The molecule has 0 saturated carbocycles. The number of esters is 1. The van der Waals surface area contributed by atoms with Crippen molar-refractivity contribution in [3.63, 3.8) is 0 Å². The average molecular weight is 166 g/mol. The van der Waals surface area contributed by atoms with Gasteiger partial charge in [-0.25, -0.2) is 4.79 Å². The maximum absolute atomic E-state index is 11.1. The normalized spacial score (nSPS) is 14.6. The maximum Gasteiger partial charge on any atom is 0.358 e. The highest BCUT2D eigenvalue weighted by Crippen LogP contribution is 1.91. The van der Waals surface area contributed by atoms with Crippen LogP contribution in [0.15, 0.2) is 29.5 Å². The summed E-state index contributed by atoms with van der Waals surface area (Å²) in [6.07, 6.45) is 6.68. The molecule has 0 atom stereocenters. The molecule has 12 heavy (non-hydrogen) atoms. The average Bonchev–Trinajstić information content (AvgIpc) is 2.32. The molecule has 0 saturated heterocycles. The first kappa shape index (κ1) is 8.52. The first-order valence-electron chi connectivity index (χ1n) is 3.68. The Hall–Kier alpha value is -1.58. The van der Waals surface area contributed by atoms with Crippen molar-refractivity contribution >= 4 is 11.7 Å². The molecule has 0 amide bonds. The number of rotatable bonds is 2. The van der Waals surface area contributed by atoms with Crippen LogP contribution >= 0.6 is 0 Å². The Morgan fingerprint density at radius 1 is 1.67 bits per heavy atom. The van der Waals surface area contributed by atoms with Crippen LogP contribution in [-0.2, 0) is 9.53 Å². The number of carbonyl (C=O) groups is 1. The number of hydrogen-bond acceptors (Lipinski definition) is 4. The van der Waals surface area contributed by atoms with E-state index in [2.05, 4.69) is 10.5 Å². The molecule has 1 aliphatic rings. The zero-order chi connectivity index (χ0) is 8.81. The van der Waals surface area contributed by atoms with Crippen molar-refractivity contribution in [2.45, 2.75) is 6.92 Å². The predicted octanol–water partition coefficient (Wildman–Crippen LogP) is 0.579. The molecule has 0 spiro atoms. The summed E-state index contributed by atoms with van der Waals surface area (Å²) in [6.45, 7) is 2.11. The van der Waals surface area contributed by atoms with Crippen LogP contribution in [0.2, 0.25) is 0 Å². The number of nitrogens with one attached hydrogen (secondary N) is 1. The lowest BCUT2D eigenvalue weighted by Gasteiger charge is -1.99. The van der Waals surface area contributed by atoms with Gasteiger partial charge in [0.1, 0.15) is 0 Å². The zero-order valence-electron chi connectivity index (χ0n) is 6.78.